The monoisotopic (exact) mass is 321 g/mol. The van der Waals surface area contributed by atoms with Crippen LogP contribution >= 0.6 is 0 Å². The number of rotatable bonds is 2. The minimum absolute atomic E-state index is 0.986. The Morgan fingerprint density at radius 2 is 1.28 bits per heavy atom. The van der Waals surface area contributed by atoms with Crippen LogP contribution in [0.3, 0.4) is 0 Å². The third-order valence-electron chi connectivity index (χ3n) is 4.53. The lowest BCUT2D eigenvalue weighted by Gasteiger charge is -2.07. The molecular formula is C22H15N3. The molecule has 0 aliphatic carbocycles. The number of hydrogen-bond acceptors (Lipinski definition) is 2. The van der Waals surface area contributed by atoms with E-state index in [1.807, 2.05) is 41.2 Å². The van der Waals surface area contributed by atoms with Gasteiger partial charge < -0.3 is 0 Å². The predicted molar refractivity (Wildman–Crippen MR) is 104 cm³/mol. The Kier molecular flexibility index (Phi) is 3.10. The second kappa shape index (κ2) is 5.56. The van der Waals surface area contributed by atoms with Gasteiger partial charge in [-0.05, 0) is 16.3 Å². The summed E-state index contributed by atoms with van der Waals surface area (Å²) in [5.74, 6) is 0. The molecule has 0 atom stereocenters. The minimum atomic E-state index is 0.986. The lowest BCUT2D eigenvalue weighted by atomic mass is 10.00. The Morgan fingerprint density at radius 1 is 0.680 bits per heavy atom. The summed E-state index contributed by atoms with van der Waals surface area (Å²) in [7, 11) is 0. The van der Waals surface area contributed by atoms with E-state index in [-0.39, 0.29) is 0 Å². The van der Waals surface area contributed by atoms with Gasteiger partial charge in [-0.25, -0.2) is 9.66 Å². The van der Waals surface area contributed by atoms with Crippen molar-refractivity contribution in [3.63, 3.8) is 0 Å². The largest absolute Gasteiger partial charge is 0.234 e. The van der Waals surface area contributed by atoms with Gasteiger partial charge in [-0.3, -0.25) is 0 Å². The average molecular weight is 321 g/mol. The molecule has 0 saturated heterocycles. The van der Waals surface area contributed by atoms with E-state index in [1.165, 1.54) is 16.2 Å². The summed E-state index contributed by atoms with van der Waals surface area (Å²) in [4.78, 5) is 4.66. The molecule has 0 saturated carbocycles. The maximum atomic E-state index is 4.66. The van der Waals surface area contributed by atoms with Crippen molar-refractivity contribution in [2.24, 2.45) is 5.10 Å². The number of hydrogen-bond donors (Lipinski definition) is 0. The van der Waals surface area contributed by atoms with Crippen LogP contribution in [0, 0.1) is 0 Å². The third kappa shape index (κ3) is 2.21. The summed E-state index contributed by atoms with van der Waals surface area (Å²) in [6, 6.07) is 27.0. The summed E-state index contributed by atoms with van der Waals surface area (Å²) in [5.41, 5.74) is 3.09. The van der Waals surface area contributed by atoms with Crippen molar-refractivity contribution in [3.05, 3.63) is 90.8 Å². The number of nitrogens with zero attached hydrogens (tertiary/aromatic N) is 3. The van der Waals surface area contributed by atoms with E-state index in [1.54, 1.807) is 6.33 Å². The highest BCUT2D eigenvalue weighted by molar-refractivity contribution is 6.23. The van der Waals surface area contributed by atoms with Crippen molar-refractivity contribution in [3.8, 4) is 0 Å². The summed E-state index contributed by atoms with van der Waals surface area (Å²) in [5, 5.41) is 9.42. The molecule has 0 fully saturated rings. The summed E-state index contributed by atoms with van der Waals surface area (Å²) >= 11 is 0. The van der Waals surface area contributed by atoms with Crippen LogP contribution in [-0.2, 0) is 0 Å². The van der Waals surface area contributed by atoms with E-state index in [2.05, 4.69) is 58.6 Å². The van der Waals surface area contributed by atoms with Crippen LogP contribution in [0.25, 0.3) is 32.6 Å². The number of imidazole rings is 1. The van der Waals surface area contributed by atoms with Gasteiger partial charge in [0, 0.05) is 10.8 Å². The molecule has 5 rings (SSSR count). The normalized spacial score (nSPS) is 11.8. The van der Waals surface area contributed by atoms with Crippen LogP contribution in [0.4, 0.5) is 0 Å². The first kappa shape index (κ1) is 13.9. The molecule has 1 heterocycles. The van der Waals surface area contributed by atoms with Gasteiger partial charge in [0.2, 0.25) is 0 Å². The Bertz CT molecular complexity index is 1230. The van der Waals surface area contributed by atoms with Gasteiger partial charge in [0.15, 0.2) is 0 Å². The van der Waals surface area contributed by atoms with E-state index in [0.717, 1.165) is 22.0 Å². The molecule has 0 amide bonds. The van der Waals surface area contributed by atoms with E-state index >= 15 is 0 Å². The molecule has 4 aromatic carbocycles. The number of benzene rings is 4. The topological polar surface area (TPSA) is 30.2 Å². The lowest BCUT2D eigenvalue weighted by Crippen LogP contribution is -1.90. The second-order valence-electron chi connectivity index (χ2n) is 6.03. The molecule has 3 nitrogen and oxygen atoms in total. The molecule has 3 heteroatoms. The van der Waals surface area contributed by atoms with Gasteiger partial charge >= 0.3 is 0 Å². The van der Waals surface area contributed by atoms with Crippen molar-refractivity contribution >= 4 is 38.8 Å². The summed E-state index contributed by atoms with van der Waals surface area (Å²) < 4.78 is 1.87. The number of fused-ring (bicyclic) bond motifs is 6. The van der Waals surface area contributed by atoms with Gasteiger partial charge in [-0.1, -0.05) is 78.9 Å². The smallest absolute Gasteiger partial charge is 0.118 e. The van der Waals surface area contributed by atoms with Gasteiger partial charge in [-0.15, -0.1) is 0 Å². The van der Waals surface area contributed by atoms with Gasteiger partial charge in [0.25, 0.3) is 0 Å². The van der Waals surface area contributed by atoms with Crippen LogP contribution in [0.1, 0.15) is 5.56 Å². The van der Waals surface area contributed by atoms with Crippen LogP contribution in [0.2, 0.25) is 0 Å². The molecule has 0 aliphatic heterocycles. The van der Waals surface area contributed by atoms with Gasteiger partial charge in [-0.2, -0.15) is 5.10 Å². The lowest BCUT2D eigenvalue weighted by molar-refractivity contribution is 0.917. The van der Waals surface area contributed by atoms with Crippen molar-refractivity contribution in [1.29, 1.82) is 0 Å². The molecule has 0 unspecified atom stereocenters. The van der Waals surface area contributed by atoms with E-state index in [9.17, 15) is 0 Å². The van der Waals surface area contributed by atoms with Crippen molar-refractivity contribution in [1.82, 2.24) is 9.66 Å². The molecule has 25 heavy (non-hydrogen) atoms. The average Bonchev–Trinajstić information content (AvgIpc) is 3.12. The van der Waals surface area contributed by atoms with Crippen molar-refractivity contribution in [2.45, 2.75) is 0 Å². The molecular weight excluding hydrogens is 306 g/mol. The quantitative estimate of drug-likeness (QED) is 0.324. The zero-order chi connectivity index (χ0) is 16.6. The maximum Gasteiger partial charge on any atom is 0.118 e. The number of aromatic nitrogens is 2. The van der Waals surface area contributed by atoms with E-state index < -0.39 is 0 Å². The zero-order valence-electron chi connectivity index (χ0n) is 13.5. The van der Waals surface area contributed by atoms with E-state index in [4.69, 9.17) is 0 Å². The Balaban J connectivity index is 1.84. The molecule has 0 spiro atoms. The first-order valence-electron chi connectivity index (χ1n) is 8.28. The van der Waals surface area contributed by atoms with Crippen molar-refractivity contribution < 1.29 is 0 Å². The maximum absolute atomic E-state index is 4.66. The predicted octanol–water partition coefficient (Wildman–Crippen LogP) is 5.22. The Hall–Kier alpha value is -3.46. The van der Waals surface area contributed by atoms with E-state index in [0.29, 0.717) is 0 Å². The van der Waals surface area contributed by atoms with Gasteiger partial charge in [0.1, 0.15) is 11.8 Å². The van der Waals surface area contributed by atoms with Crippen LogP contribution in [-0.4, -0.2) is 15.9 Å². The van der Waals surface area contributed by atoms with Crippen LogP contribution < -0.4 is 0 Å². The molecule has 0 bridgehead atoms. The fourth-order valence-corrected chi connectivity index (χ4v) is 3.39. The highest BCUT2D eigenvalue weighted by atomic mass is 15.4. The Labute approximate surface area is 144 Å². The molecule has 0 N–H and O–H groups in total. The first-order valence-corrected chi connectivity index (χ1v) is 8.28. The minimum Gasteiger partial charge on any atom is -0.234 e. The third-order valence-corrected chi connectivity index (χ3v) is 4.53. The molecule has 0 aliphatic rings. The van der Waals surface area contributed by atoms with Crippen molar-refractivity contribution in [2.75, 3.05) is 0 Å². The SMILES string of the molecule is C(=N\n1cnc2c3ccccc3c3ccccc3c21)/c1ccccc1. The highest BCUT2D eigenvalue weighted by Crippen LogP contribution is 2.33. The fourth-order valence-electron chi connectivity index (χ4n) is 3.39. The van der Waals surface area contributed by atoms with Crippen LogP contribution in [0.15, 0.2) is 90.3 Å². The van der Waals surface area contributed by atoms with Gasteiger partial charge in [0.05, 0.1) is 11.7 Å². The first-order chi connectivity index (χ1) is 12.4. The zero-order valence-corrected chi connectivity index (χ0v) is 13.5. The highest BCUT2D eigenvalue weighted by Gasteiger charge is 2.12. The Morgan fingerprint density at radius 3 is 2.04 bits per heavy atom. The summed E-state index contributed by atoms with van der Waals surface area (Å²) in [6.07, 6.45) is 3.66. The molecule has 118 valence electrons. The standard InChI is InChI=1S/C22H15N3/c1-2-8-16(9-3-1)14-24-25-15-23-21-19-12-6-4-10-17(19)18-11-5-7-13-20(18)22(21)25/h1-15H/b24-14+. The summed E-state index contributed by atoms with van der Waals surface area (Å²) in [6.45, 7) is 0. The molecule has 5 aromatic rings. The molecule has 0 radical (unpaired) electrons. The van der Waals surface area contributed by atoms with Crippen LogP contribution in [0.5, 0.6) is 0 Å². The second-order valence-corrected chi connectivity index (χ2v) is 6.03. The molecule has 1 aromatic heterocycles. The fraction of sp³-hybridized carbons (Fsp3) is 0.